The third-order valence-corrected chi connectivity index (χ3v) is 4.76. The average molecular weight is 373 g/mol. The molecule has 1 amide bonds. The number of carbonyl (C=O) groups excluding carboxylic acids is 1. The molecule has 2 N–H and O–H groups in total. The molecule has 0 aliphatic rings. The van der Waals surface area contributed by atoms with Crippen LogP contribution in [0.3, 0.4) is 0 Å². The van der Waals surface area contributed by atoms with Crippen molar-refractivity contribution in [2.24, 2.45) is 0 Å². The Kier molecular flexibility index (Phi) is 5.90. The van der Waals surface area contributed by atoms with Crippen molar-refractivity contribution in [3.05, 3.63) is 101 Å². The van der Waals surface area contributed by atoms with Crippen LogP contribution in [0.15, 0.2) is 72.8 Å². The summed E-state index contributed by atoms with van der Waals surface area (Å²) in [5, 5.41) is 11.8. The van der Waals surface area contributed by atoms with Gasteiger partial charge in [-0.1, -0.05) is 59.7 Å². The number of rotatable bonds is 6. The Morgan fingerprint density at radius 2 is 1.25 bits per heavy atom. The Bertz CT molecular complexity index is 913. The largest absolute Gasteiger partial charge is 0.478 e. The van der Waals surface area contributed by atoms with Crippen LogP contribution in [0.2, 0.25) is 0 Å². The van der Waals surface area contributed by atoms with Gasteiger partial charge < -0.3 is 10.4 Å². The van der Waals surface area contributed by atoms with E-state index in [4.69, 9.17) is 5.11 Å². The quantitative estimate of drug-likeness (QED) is 0.627. The maximum absolute atomic E-state index is 12.7. The van der Waals surface area contributed by atoms with Gasteiger partial charge in [-0.05, 0) is 49.2 Å². The minimum Gasteiger partial charge on any atom is -0.478 e. The summed E-state index contributed by atoms with van der Waals surface area (Å²) in [6.07, 6.45) is 0.298. The van der Waals surface area contributed by atoms with E-state index in [1.54, 1.807) is 12.1 Å². The fourth-order valence-corrected chi connectivity index (χ4v) is 3.12. The van der Waals surface area contributed by atoms with Crippen LogP contribution in [0.25, 0.3) is 0 Å². The number of nitrogens with one attached hydrogen (secondary N) is 1. The van der Waals surface area contributed by atoms with Crippen LogP contribution in [0.5, 0.6) is 0 Å². The first-order valence-corrected chi connectivity index (χ1v) is 9.19. The van der Waals surface area contributed by atoms with Gasteiger partial charge in [-0.3, -0.25) is 4.79 Å². The summed E-state index contributed by atoms with van der Waals surface area (Å²) in [6, 6.07) is 22.6. The van der Waals surface area contributed by atoms with E-state index in [1.165, 1.54) is 23.3 Å². The SMILES string of the molecule is Cc1ccc(C(CC(=O)Nc2ccc(C(=O)O)cc2)c2ccc(C)cc2)cc1. The van der Waals surface area contributed by atoms with Crippen molar-refractivity contribution in [2.45, 2.75) is 26.2 Å². The molecule has 0 aromatic heterocycles. The van der Waals surface area contributed by atoms with Gasteiger partial charge in [0.05, 0.1) is 5.56 Å². The summed E-state index contributed by atoms with van der Waals surface area (Å²) in [4.78, 5) is 23.6. The number of anilines is 1. The lowest BCUT2D eigenvalue weighted by atomic mass is 9.87. The maximum atomic E-state index is 12.7. The van der Waals surface area contributed by atoms with Crippen molar-refractivity contribution in [2.75, 3.05) is 5.32 Å². The third-order valence-electron chi connectivity index (χ3n) is 4.76. The number of hydrogen-bond donors (Lipinski definition) is 2. The molecule has 3 rings (SSSR count). The molecule has 4 nitrogen and oxygen atoms in total. The maximum Gasteiger partial charge on any atom is 0.335 e. The van der Waals surface area contributed by atoms with Gasteiger partial charge in [0.25, 0.3) is 0 Å². The number of carboxylic acids is 1. The van der Waals surface area contributed by atoms with Crippen molar-refractivity contribution in [3.8, 4) is 0 Å². The van der Waals surface area contributed by atoms with Crippen LogP contribution in [-0.2, 0) is 4.79 Å². The first-order valence-electron chi connectivity index (χ1n) is 9.19. The monoisotopic (exact) mass is 373 g/mol. The molecule has 0 spiro atoms. The molecular formula is C24H23NO3. The molecule has 4 heteroatoms. The highest BCUT2D eigenvalue weighted by Gasteiger charge is 2.18. The van der Waals surface area contributed by atoms with Crippen molar-refractivity contribution < 1.29 is 14.7 Å². The van der Waals surface area contributed by atoms with Gasteiger partial charge in [0.1, 0.15) is 0 Å². The van der Waals surface area contributed by atoms with E-state index in [-0.39, 0.29) is 17.4 Å². The highest BCUT2D eigenvalue weighted by molar-refractivity contribution is 5.93. The zero-order valence-corrected chi connectivity index (χ0v) is 16.0. The second-order valence-electron chi connectivity index (χ2n) is 7.01. The Labute approximate surface area is 164 Å². The van der Waals surface area contributed by atoms with Crippen LogP contribution in [-0.4, -0.2) is 17.0 Å². The molecule has 0 saturated heterocycles. The van der Waals surface area contributed by atoms with Crippen molar-refractivity contribution >= 4 is 17.6 Å². The number of carbonyl (C=O) groups is 2. The van der Waals surface area contributed by atoms with Crippen molar-refractivity contribution in [3.63, 3.8) is 0 Å². The van der Waals surface area contributed by atoms with Crippen LogP contribution in [0, 0.1) is 13.8 Å². The first kappa shape index (κ1) is 19.4. The van der Waals surface area contributed by atoms with Crippen molar-refractivity contribution in [1.82, 2.24) is 0 Å². The molecule has 0 saturated carbocycles. The average Bonchev–Trinajstić information content (AvgIpc) is 2.68. The second-order valence-corrected chi connectivity index (χ2v) is 7.01. The lowest BCUT2D eigenvalue weighted by molar-refractivity contribution is -0.116. The third kappa shape index (κ3) is 4.86. The van der Waals surface area contributed by atoms with E-state index >= 15 is 0 Å². The fourth-order valence-electron chi connectivity index (χ4n) is 3.12. The van der Waals surface area contributed by atoms with Crippen LogP contribution >= 0.6 is 0 Å². The smallest absolute Gasteiger partial charge is 0.335 e. The van der Waals surface area contributed by atoms with Gasteiger partial charge in [0.2, 0.25) is 5.91 Å². The molecule has 0 fully saturated rings. The zero-order chi connectivity index (χ0) is 20.1. The summed E-state index contributed by atoms with van der Waals surface area (Å²) in [5.41, 5.74) is 5.30. The van der Waals surface area contributed by atoms with E-state index in [0.29, 0.717) is 12.1 Å². The first-order chi connectivity index (χ1) is 13.4. The molecule has 0 radical (unpaired) electrons. The molecule has 0 aliphatic carbocycles. The number of aromatic carboxylic acids is 1. The van der Waals surface area contributed by atoms with Gasteiger partial charge in [-0.25, -0.2) is 4.79 Å². The summed E-state index contributed by atoms with van der Waals surface area (Å²) < 4.78 is 0. The van der Waals surface area contributed by atoms with Gasteiger partial charge in [-0.15, -0.1) is 0 Å². The minimum atomic E-state index is -0.989. The van der Waals surface area contributed by atoms with E-state index in [1.807, 2.05) is 13.8 Å². The Morgan fingerprint density at radius 1 is 0.786 bits per heavy atom. The summed E-state index contributed by atoms with van der Waals surface area (Å²) >= 11 is 0. The van der Waals surface area contributed by atoms with Crippen molar-refractivity contribution in [1.29, 1.82) is 0 Å². The van der Waals surface area contributed by atoms with Crippen LogP contribution in [0.1, 0.15) is 45.0 Å². The van der Waals surface area contributed by atoms with Gasteiger partial charge in [0.15, 0.2) is 0 Å². The molecule has 0 bridgehead atoms. The molecule has 0 atom stereocenters. The predicted molar refractivity (Wildman–Crippen MR) is 111 cm³/mol. The fraction of sp³-hybridized carbons (Fsp3) is 0.167. The highest BCUT2D eigenvalue weighted by atomic mass is 16.4. The Morgan fingerprint density at radius 3 is 1.68 bits per heavy atom. The molecule has 0 unspecified atom stereocenters. The van der Waals surface area contributed by atoms with Gasteiger partial charge >= 0.3 is 5.97 Å². The normalized spacial score (nSPS) is 10.7. The van der Waals surface area contributed by atoms with E-state index < -0.39 is 5.97 Å². The van der Waals surface area contributed by atoms with Gasteiger partial charge in [0, 0.05) is 18.0 Å². The zero-order valence-electron chi connectivity index (χ0n) is 16.0. The van der Waals surface area contributed by atoms with E-state index in [9.17, 15) is 9.59 Å². The minimum absolute atomic E-state index is 0.0560. The lowest BCUT2D eigenvalue weighted by Gasteiger charge is -2.18. The summed E-state index contributed by atoms with van der Waals surface area (Å²) in [6.45, 7) is 4.08. The van der Waals surface area contributed by atoms with E-state index in [2.05, 4.69) is 53.8 Å². The molecule has 142 valence electrons. The summed E-state index contributed by atoms with van der Waals surface area (Å²) in [5.74, 6) is -1.16. The summed E-state index contributed by atoms with van der Waals surface area (Å²) in [7, 11) is 0. The Balaban J connectivity index is 1.80. The molecular weight excluding hydrogens is 350 g/mol. The van der Waals surface area contributed by atoms with Gasteiger partial charge in [-0.2, -0.15) is 0 Å². The standard InChI is InChI=1S/C24H23NO3/c1-16-3-7-18(8-4-16)22(19-9-5-17(2)6-10-19)15-23(26)25-21-13-11-20(12-14-21)24(27)28/h3-14,22H,15H2,1-2H3,(H,25,26)(H,27,28). The molecule has 3 aromatic carbocycles. The molecule has 0 aliphatic heterocycles. The Hall–Kier alpha value is -3.40. The number of amides is 1. The molecule has 3 aromatic rings. The highest BCUT2D eigenvalue weighted by Crippen LogP contribution is 2.29. The van der Waals surface area contributed by atoms with E-state index in [0.717, 1.165) is 11.1 Å². The molecule has 28 heavy (non-hydrogen) atoms. The predicted octanol–water partition coefficient (Wildman–Crippen LogP) is 5.16. The number of hydrogen-bond acceptors (Lipinski definition) is 2. The number of aryl methyl sites for hydroxylation is 2. The topological polar surface area (TPSA) is 66.4 Å². The molecule has 0 heterocycles. The lowest BCUT2D eigenvalue weighted by Crippen LogP contribution is -2.16. The number of benzene rings is 3. The number of carboxylic acid groups (broad SMARTS) is 1. The second kappa shape index (κ2) is 8.53. The van der Waals surface area contributed by atoms with Crippen LogP contribution < -0.4 is 5.32 Å². The van der Waals surface area contributed by atoms with Crippen LogP contribution in [0.4, 0.5) is 5.69 Å².